The molecule has 1 amide bonds. The number of nitrogens with one attached hydrogen (secondary N) is 1. The van der Waals surface area contributed by atoms with Crippen LogP contribution in [0, 0.1) is 6.92 Å². The molecule has 6 nitrogen and oxygen atoms in total. The monoisotopic (exact) mass is 295 g/mol. The lowest BCUT2D eigenvalue weighted by Crippen LogP contribution is -2.30. The van der Waals surface area contributed by atoms with Crippen LogP contribution >= 0.6 is 15.9 Å². The quantitative estimate of drug-likeness (QED) is 0.490. The Bertz CT molecular complexity index is 548. The van der Waals surface area contributed by atoms with Gasteiger partial charge in [-0.3, -0.25) is 10.2 Å². The van der Waals surface area contributed by atoms with Crippen molar-refractivity contribution in [2.45, 2.75) is 6.92 Å². The van der Waals surface area contributed by atoms with Crippen molar-refractivity contribution >= 4 is 21.8 Å². The highest BCUT2D eigenvalue weighted by molar-refractivity contribution is 9.10. The summed E-state index contributed by atoms with van der Waals surface area (Å²) in [5.74, 6) is 4.61. The van der Waals surface area contributed by atoms with Gasteiger partial charge in [0.1, 0.15) is 0 Å². The topological polar surface area (TPSA) is 85.8 Å². The molecule has 0 atom stereocenters. The average molecular weight is 296 g/mol. The van der Waals surface area contributed by atoms with Gasteiger partial charge in [0.25, 0.3) is 5.91 Å². The molecule has 88 valence electrons. The van der Waals surface area contributed by atoms with Crippen LogP contribution in [0.1, 0.15) is 16.2 Å². The first-order valence-corrected chi connectivity index (χ1v) is 5.62. The Balaban J connectivity index is 2.41. The highest BCUT2D eigenvalue weighted by Gasteiger charge is 2.14. The van der Waals surface area contributed by atoms with E-state index in [0.29, 0.717) is 5.69 Å². The summed E-state index contributed by atoms with van der Waals surface area (Å²) in [4.78, 5) is 12.8. The van der Waals surface area contributed by atoms with E-state index in [2.05, 4.69) is 26.1 Å². The number of rotatable bonds is 2. The molecule has 2 rings (SSSR count). The van der Waals surface area contributed by atoms with Gasteiger partial charge in [-0.05, 0) is 31.2 Å². The van der Waals surface area contributed by atoms with E-state index < -0.39 is 5.91 Å². The molecule has 3 N–H and O–H groups in total. The van der Waals surface area contributed by atoms with E-state index in [1.165, 1.54) is 4.80 Å². The molecule has 7 heteroatoms. The molecule has 1 heterocycles. The minimum Gasteiger partial charge on any atom is -0.289 e. The molecule has 0 unspecified atom stereocenters. The largest absolute Gasteiger partial charge is 0.289 e. The highest BCUT2D eigenvalue weighted by atomic mass is 79.9. The van der Waals surface area contributed by atoms with Crippen molar-refractivity contribution in [2.24, 2.45) is 5.84 Å². The lowest BCUT2D eigenvalue weighted by atomic mass is 10.3. The van der Waals surface area contributed by atoms with Crippen molar-refractivity contribution in [1.82, 2.24) is 20.4 Å². The van der Waals surface area contributed by atoms with Gasteiger partial charge in [0.15, 0.2) is 5.69 Å². The molecule has 1 aromatic heterocycles. The molecule has 17 heavy (non-hydrogen) atoms. The van der Waals surface area contributed by atoms with Crippen LogP contribution in [0.3, 0.4) is 0 Å². The van der Waals surface area contributed by atoms with Crippen molar-refractivity contribution in [3.8, 4) is 5.69 Å². The maximum atomic E-state index is 11.4. The van der Waals surface area contributed by atoms with E-state index in [-0.39, 0.29) is 5.69 Å². The molecule has 0 spiro atoms. The highest BCUT2D eigenvalue weighted by Crippen LogP contribution is 2.13. The van der Waals surface area contributed by atoms with Gasteiger partial charge < -0.3 is 0 Å². The van der Waals surface area contributed by atoms with E-state index in [4.69, 9.17) is 5.84 Å². The van der Waals surface area contributed by atoms with Crippen LogP contribution in [0.2, 0.25) is 0 Å². The Morgan fingerprint density at radius 2 is 2.00 bits per heavy atom. The third-order valence-electron chi connectivity index (χ3n) is 2.19. The summed E-state index contributed by atoms with van der Waals surface area (Å²) in [6.45, 7) is 1.70. The predicted octanol–water partition coefficient (Wildman–Crippen LogP) is 0.942. The second kappa shape index (κ2) is 4.64. The first-order valence-electron chi connectivity index (χ1n) is 4.82. The maximum Gasteiger partial charge on any atom is 0.287 e. The van der Waals surface area contributed by atoms with Crippen molar-refractivity contribution in [1.29, 1.82) is 0 Å². The van der Waals surface area contributed by atoms with Crippen molar-refractivity contribution in [3.63, 3.8) is 0 Å². The van der Waals surface area contributed by atoms with Crippen LogP contribution in [0.5, 0.6) is 0 Å². The number of nitrogen functional groups attached to an aromatic ring is 1. The van der Waals surface area contributed by atoms with Gasteiger partial charge in [-0.1, -0.05) is 15.9 Å². The fourth-order valence-corrected chi connectivity index (χ4v) is 1.61. The first kappa shape index (κ1) is 11.7. The zero-order valence-corrected chi connectivity index (χ0v) is 10.6. The minimum absolute atomic E-state index is 0.218. The van der Waals surface area contributed by atoms with Crippen LogP contribution in [-0.2, 0) is 0 Å². The molecule has 2 aromatic rings. The number of benzene rings is 1. The van der Waals surface area contributed by atoms with Crippen LogP contribution in [0.25, 0.3) is 5.69 Å². The summed E-state index contributed by atoms with van der Waals surface area (Å²) < 4.78 is 0.963. The molecule has 0 aliphatic rings. The standard InChI is InChI=1S/C10H10BrN5O/c1-6-9(10(17)13-12)15-16(14-6)8-4-2-7(11)3-5-8/h2-5H,12H2,1H3,(H,13,17). The van der Waals surface area contributed by atoms with Gasteiger partial charge in [0.05, 0.1) is 11.4 Å². The number of aryl methyl sites for hydroxylation is 1. The second-order valence-corrected chi connectivity index (χ2v) is 4.29. The van der Waals surface area contributed by atoms with Crippen LogP contribution in [0.15, 0.2) is 28.7 Å². The zero-order chi connectivity index (χ0) is 12.4. The molecule has 0 saturated carbocycles. The SMILES string of the molecule is Cc1nn(-c2ccc(Br)cc2)nc1C(=O)NN. The smallest absolute Gasteiger partial charge is 0.287 e. The molecule has 0 aliphatic carbocycles. The minimum atomic E-state index is -0.453. The van der Waals surface area contributed by atoms with Crippen molar-refractivity contribution in [2.75, 3.05) is 0 Å². The third kappa shape index (κ3) is 2.34. The third-order valence-corrected chi connectivity index (χ3v) is 2.71. The van der Waals surface area contributed by atoms with Gasteiger partial charge in [0.2, 0.25) is 0 Å². The fourth-order valence-electron chi connectivity index (χ4n) is 1.35. The van der Waals surface area contributed by atoms with Gasteiger partial charge in [-0.2, -0.15) is 9.90 Å². The zero-order valence-electron chi connectivity index (χ0n) is 9.01. The van der Waals surface area contributed by atoms with E-state index in [9.17, 15) is 4.79 Å². The fraction of sp³-hybridized carbons (Fsp3) is 0.100. The summed E-state index contributed by atoms with van der Waals surface area (Å²) in [7, 11) is 0. The number of carbonyl (C=O) groups is 1. The molecule has 0 saturated heterocycles. The van der Waals surface area contributed by atoms with Gasteiger partial charge in [-0.15, -0.1) is 5.10 Å². The second-order valence-electron chi connectivity index (χ2n) is 3.37. The number of aromatic nitrogens is 3. The van der Waals surface area contributed by atoms with Crippen LogP contribution < -0.4 is 11.3 Å². The Labute approximate surface area is 106 Å². The maximum absolute atomic E-state index is 11.4. The molecule has 0 bridgehead atoms. The average Bonchev–Trinajstić information content (AvgIpc) is 2.71. The van der Waals surface area contributed by atoms with E-state index in [0.717, 1.165) is 10.2 Å². The van der Waals surface area contributed by atoms with Gasteiger partial charge >= 0.3 is 0 Å². The van der Waals surface area contributed by atoms with Crippen LogP contribution in [-0.4, -0.2) is 20.9 Å². The van der Waals surface area contributed by atoms with Gasteiger partial charge in [0, 0.05) is 4.47 Å². The molecular weight excluding hydrogens is 286 g/mol. The number of halogens is 1. The molecule has 1 aromatic carbocycles. The number of carbonyl (C=O) groups excluding carboxylic acids is 1. The van der Waals surface area contributed by atoms with Gasteiger partial charge in [-0.25, -0.2) is 5.84 Å². The molecular formula is C10H10BrN5O. The molecule has 0 radical (unpaired) electrons. The molecule has 0 fully saturated rings. The Morgan fingerprint density at radius 1 is 1.35 bits per heavy atom. The number of hydrogen-bond acceptors (Lipinski definition) is 4. The van der Waals surface area contributed by atoms with E-state index in [1.54, 1.807) is 6.92 Å². The number of nitrogens with two attached hydrogens (primary N) is 1. The lowest BCUT2D eigenvalue weighted by Gasteiger charge is -1.98. The summed E-state index contributed by atoms with van der Waals surface area (Å²) in [6.07, 6.45) is 0. The summed E-state index contributed by atoms with van der Waals surface area (Å²) in [6, 6.07) is 7.43. The van der Waals surface area contributed by atoms with Crippen molar-refractivity contribution in [3.05, 3.63) is 40.1 Å². The Hall–Kier alpha value is -1.73. The number of amides is 1. The summed E-state index contributed by atoms with van der Waals surface area (Å²) in [5.41, 5.74) is 3.55. The Kier molecular flexibility index (Phi) is 3.21. The van der Waals surface area contributed by atoms with Crippen molar-refractivity contribution < 1.29 is 4.79 Å². The first-order chi connectivity index (χ1) is 8.11. The number of hydrogen-bond donors (Lipinski definition) is 2. The normalized spacial score (nSPS) is 10.3. The number of nitrogens with zero attached hydrogens (tertiary/aromatic N) is 3. The van der Waals surface area contributed by atoms with E-state index in [1.807, 2.05) is 29.7 Å². The Morgan fingerprint density at radius 3 is 2.59 bits per heavy atom. The summed E-state index contributed by atoms with van der Waals surface area (Å²) in [5, 5.41) is 8.23. The lowest BCUT2D eigenvalue weighted by molar-refractivity contribution is 0.0947. The van der Waals surface area contributed by atoms with E-state index >= 15 is 0 Å². The van der Waals surface area contributed by atoms with Crippen LogP contribution in [0.4, 0.5) is 0 Å². The summed E-state index contributed by atoms with van der Waals surface area (Å²) >= 11 is 3.34. The predicted molar refractivity (Wildman–Crippen MR) is 65.4 cm³/mol. The number of hydrazine groups is 1. The molecule has 0 aliphatic heterocycles.